The largest absolute Gasteiger partial charge is 0.338 e. The molecule has 4 bridgehead atoms. The average Bonchev–Trinajstić information content (AvgIpc) is 2.86. The lowest BCUT2D eigenvalue weighted by atomic mass is 9.49. The van der Waals surface area contributed by atoms with E-state index < -0.39 is 0 Å². The highest BCUT2D eigenvalue weighted by atomic mass is 16.5. The highest BCUT2D eigenvalue weighted by Crippen LogP contribution is 2.60. The molecule has 19 heavy (non-hydrogen) atoms. The number of rotatable bonds is 3. The summed E-state index contributed by atoms with van der Waals surface area (Å²) in [6.45, 7) is 2.05. The summed E-state index contributed by atoms with van der Waals surface area (Å²) in [7, 11) is 0. The second-order valence-electron chi connectivity index (χ2n) is 7.17. The van der Waals surface area contributed by atoms with Crippen LogP contribution in [0.2, 0.25) is 0 Å². The molecule has 0 spiro atoms. The Labute approximate surface area is 114 Å². The van der Waals surface area contributed by atoms with Crippen molar-refractivity contribution in [2.45, 2.75) is 63.3 Å². The maximum Gasteiger partial charge on any atom is 0.243 e. The molecule has 0 radical (unpaired) electrons. The van der Waals surface area contributed by atoms with Crippen LogP contribution in [0.1, 0.15) is 69.6 Å². The summed E-state index contributed by atoms with van der Waals surface area (Å²) in [6, 6.07) is -0.102. The smallest absolute Gasteiger partial charge is 0.243 e. The van der Waals surface area contributed by atoms with E-state index in [0.717, 1.165) is 30.0 Å². The molecule has 0 unspecified atom stereocenters. The summed E-state index contributed by atoms with van der Waals surface area (Å²) in [4.78, 5) is 4.67. The van der Waals surface area contributed by atoms with Gasteiger partial charge in [0.25, 0.3) is 0 Å². The first-order chi connectivity index (χ1) is 9.18. The van der Waals surface area contributed by atoms with E-state index in [-0.39, 0.29) is 11.5 Å². The second kappa shape index (κ2) is 4.05. The molecule has 4 nitrogen and oxygen atoms in total. The molecule has 1 heterocycles. The molecule has 4 fully saturated rings. The van der Waals surface area contributed by atoms with Gasteiger partial charge in [-0.3, -0.25) is 0 Å². The Balaban J connectivity index is 1.66. The van der Waals surface area contributed by atoms with Crippen LogP contribution in [0.15, 0.2) is 4.52 Å². The van der Waals surface area contributed by atoms with Crippen molar-refractivity contribution in [3.05, 3.63) is 11.7 Å². The van der Waals surface area contributed by atoms with Crippen LogP contribution in [0.25, 0.3) is 0 Å². The zero-order valence-electron chi connectivity index (χ0n) is 11.6. The highest BCUT2D eigenvalue weighted by molar-refractivity contribution is 5.16. The van der Waals surface area contributed by atoms with E-state index in [4.69, 9.17) is 10.3 Å². The van der Waals surface area contributed by atoms with Crippen molar-refractivity contribution >= 4 is 0 Å². The predicted molar refractivity (Wildman–Crippen MR) is 71.4 cm³/mol. The lowest BCUT2D eigenvalue weighted by molar-refractivity contribution is -0.0103. The third-order valence-corrected chi connectivity index (χ3v) is 5.71. The summed E-state index contributed by atoms with van der Waals surface area (Å²) in [5, 5.41) is 4.31. The van der Waals surface area contributed by atoms with Crippen molar-refractivity contribution in [1.82, 2.24) is 10.1 Å². The lowest BCUT2D eigenvalue weighted by Crippen LogP contribution is -2.49. The molecule has 0 aliphatic heterocycles. The van der Waals surface area contributed by atoms with E-state index in [2.05, 4.69) is 17.1 Å². The minimum atomic E-state index is -0.102. The molecule has 4 aliphatic rings. The number of hydrogen-bond donors (Lipinski definition) is 1. The molecular weight excluding hydrogens is 238 g/mol. The average molecular weight is 261 g/mol. The maximum absolute atomic E-state index is 6.00. The molecule has 0 aromatic carbocycles. The van der Waals surface area contributed by atoms with Gasteiger partial charge >= 0.3 is 0 Å². The van der Waals surface area contributed by atoms with Crippen molar-refractivity contribution in [3.8, 4) is 0 Å². The van der Waals surface area contributed by atoms with E-state index in [9.17, 15) is 0 Å². The molecule has 1 aromatic rings. The highest BCUT2D eigenvalue weighted by Gasteiger charge is 2.53. The minimum absolute atomic E-state index is 0.102. The molecule has 4 heteroatoms. The monoisotopic (exact) mass is 261 g/mol. The van der Waals surface area contributed by atoms with Gasteiger partial charge in [0.1, 0.15) is 0 Å². The summed E-state index contributed by atoms with van der Waals surface area (Å²) in [5.74, 6) is 4.33. The minimum Gasteiger partial charge on any atom is -0.338 e. The van der Waals surface area contributed by atoms with Crippen LogP contribution >= 0.6 is 0 Å². The molecular formula is C15H23N3O. The van der Waals surface area contributed by atoms with Crippen molar-refractivity contribution in [3.63, 3.8) is 0 Å². The van der Waals surface area contributed by atoms with Gasteiger partial charge < -0.3 is 10.3 Å². The Morgan fingerprint density at radius 2 is 1.79 bits per heavy atom. The van der Waals surface area contributed by atoms with Gasteiger partial charge in [-0.1, -0.05) is 12.1 Å². The molecule has 4 aliphatic carbocycles. The summed E-state index contributed by atoms with van der Waals surface area (Å²) < 4.78 is 5.42. The normalized spacial score (nSPS) is 41.7. The molecule has 0 saturated heterocycles. The van der Waals surface area contributed by atoms with Crippen LogP contribution in [-0.4, -0.2) is 10.1 Å². The topological polar surface area (TPSA) is 64.9 Å². The van der Waals surface area contributed by atoms with Gasteiger partial charge in [-0.25, -0.2) is 0 Å². The number of aromatic nitrogens is 2. The third-order valence-electron chi connectivity index (χ3n) is 5.71. The van der Waals surface area contributed by atoms with Crippen molar-refractivity contribution in [1.29, 1.82) is 0 Å². The quantitative estimate of drug-likeness (QED) is 0.908. The van der Waals surface area contributed by atoms with Gasteiger partial charge in [0.05, 0.1) is 6.04 Å². The maximum atomic E-state index is 6.00. The van der Waals surface area contributed by atoms with E-state index in [1.807, 2.05) is 0 Å². The number of nitrogens with two attached hydrogens (primary N) is 1. The zero-order chi connectivity index (χ0) is 13.0. The van der Waals surface area contributed by atoms with Crippen LogP contribution in [0.4, 0.5) is 0 Å². The van der Waals surface area contributed by atoms with Gasteiger partial charge in [0.15, 0.2) is 5.82 Å². The van der Waals surface area contributed by atoms with Gasteiger partial charge in [-0.2, -0.15) is 4.98 Å². The van der Waals surface area contributed by atoms with Gasteiger partial charge in [-0.15, -0.1) is 0 Å². The molecule has 5 rings (SSSR count). The van der Waals surface area contributed by atoms with Crippen molar-refractivity contribution in [2.75, 3.05) is 0 Å². The van der Waals surface area contributed by atoms with E-state index in [0.29, 0.717) is 5.89 Å². The number of nitrogens with zero attached hydrogens (tertiary/aromatic N) is 2. The van der Waals surface area contributed by atoms with E-state index in [1.54, 1.807) is 0 Å². The van der Waals surface area contributed by atoms with Crippen LogP contribution in [-0.2, 0) is 5.41 Å². The third kappa shape index (κ3) is 1.76. The van der Waals surface area contributed by atoms with Crippen molar-refractivity contribution in [2.24, 2.45) is 23.5 Å². The van der Waals surface area contributed by atoms with Crippen LogP contribution in [0.3, 0.4) is 0 Å². The summed E-state index contributed by atoms with van der Waals surface area (Å²) >= 11 is 0. The molecule has 2 N–H and O–H groups in total. The SMILES string of the molecule is CC[C@@H](N)c1nc(C23CC4CC(CC(C4)C2)C3)no1. The van der Waals surface area contributed by atoms with Crippen molar-refractivity contribution < 1.29 is 4.52 Å². The zero-order valence-corrected chi connectivity index (χ0v) is 11.6. The van der Waals surface area contributed by atoms with Crippen LogP contribution in [0, 0.1) is 17.8 Å². The fourth-order valence-electron chi connectivity index (χ4n) is 5.16. The Hall–Kier alpha value is -0.900. The van der Waals surface area contributed by atoms with E-state index >= 15 is 0 Å². The van der Waals surface area contributed by atoms with Crippen LogP contribution < -0.4 is 5.73 Å². The summed E-state index contributed by atoms with van der Waals surface area (Å²) in [5.41, 5.74) is 6.23. The molecule has 1 atom stereocenters. The molecule has 0 amide bonds. The Kier molecular flexibility index (Phi) is 2.53. The lowest BCUT2D eigenvalue weighted by Gasteiger charge is -2.55. The first-order valence-corrected chi connectivity index (χ1v) is 7.78. The Morgan fingerprint density at radius 3 is 2.32 bits per heavy atom. The fraction of sp³-hybridized carbons (Fsp3) is 0.867. The first kappa shape index (κ1) is 11.9. The first-order valence-electron chi connectivity index (χ1n) is 7.78. The summed E-state index contributed by atoms with van der Waals surface area (Å²) in [6.07, 6.45) is 9.01. The van der Waals surface area contributed by atoms with Gasteiger partial charge in [0, 0.05) is 5.41 Å². The fourth-order valence-corrected chi connectivity index (χ4v) is 5.16. The Bertz CT molecular complexity index is 446. The van der Waals surface area contributed by atoms with Gasteiger partial charge in [0.2, 0.25) is 5.89 Å². The number of hydrogen-bond acceptors (Lipinski definition) is 4. The van der Waals surface area contributed by atoms with Crippen LogP contribution in [0.5, 0.6) is 0 Å². The Morgan fingerprint density at radius 1 is 1.21 bits per heavy atom. The second-order valence-corrected chi connectivity index (χ2v) is 7.17. The van der Waals surface area contributed by atoms with Gasteiger partial charge in [-0.05, 0) is 62.7 Å². The molecule has 1 aromatic heterocycles. The molecule has 4 saturated carbocycles. The predicted octanol–water partition coefficient (Wildman–Crippen LogP) is 2.95. The van der Waals surface area contributed by atoms with E-state index in [1.165, 1.54) is 38.5 Å². The standard InChI is InChI=1S/C15H23N3O/c1-2-12(16)13-17-14(18-19-13)15-6-9-3-10(7-15)5-11(4-9)8-15/h9-12H,2-8,16H2,1H3/t9?,10?,11?,12-,15?/m1/s1. The molecule has 104 valence electrons.